The Bertz CT molecular complexity index is 1710. The van der Waals surface area contributed by atoms with Crippen molar-refractivity contribution < 1.29 is 23.9 Å². The first-order valence-corrected chi connectivity index (χ1v) is 15.2. The Labute approximate surface area is 255 Å². The van der Waals surface area contributed by atoms with Gasteiger partial charge in [-0.05, 0) is 64.4 Å². The average Bonchev–Trinajstić information content (AvgIpc) is 3.33. The largest absolute Gasteiger partial charge is 0.452 e. The van der Waals surface area contributed by atoms with Crippen LogP contribution in [0.5, 0.6) is 0 Å². The molecule has 0 unspecified atom stereocenters. The van der Waals surface area contributed by atoms with Gasteiger partial charge < -0.3 is 10.1 Å². The molecule has 1 N–H and O–H groups in total. The SMILES string of the molecule is CCc1cccc(CC)c1NC(=O)COC(=O)c1cccc(N2C(=O)[C@@H]3C4c5ccccc5C(c5ccccc54)[C@@H]3C2=O)c1. The zero-order chi connectivity index (χ0) is 30.5. The van der Waals surface area contributed by atoms with Gasteiger partial charge in [-0.1, -0.05) is 86.6 Å². The van der Waals surface area contributed by atoms with Gasteiger partial charge >= 0.3 is 5.97 Å². The molecule has 220 valence electrons. The maximum absolute atomic E-state index is 14.1. The van der Waals surface area contributed by atoms with Crippen molar-refractivity contribution in [3.8, 4) is 0 Å². The lowest BCUT2D eigenvalue weighted by Crippen LogP contribution is -2.41. The Morgan fingerprint density at radius 1 is 0.705 bits per heavy atom. The summed E-state index contributed by atoms with van der Waals surface area (Å²) in [5.74, 6) is -3.12. The van der Waals surface area contributed by atoms with Crippen molar-refractivity contribution in [1.29, 1.82) is 0 Å². The van der Waals surface area contributed by atoms with E-state index in [0.717, 1.165) is 51.9 Å². The van der Waals surface area contributed by atoms with E-state index in [1.165, 1.54) is 11.0 Å². The van der Waals surface area contributed by atoms with Crippen molar-refractivity contribution >= 4 is 35.1 Å². The molecule has 3 aliphatic carbocycles. The van der Waals surface area contributed by atoms with Crippen molar-refractivity contribution in [2.75, 3.05) is 16.8 Å². The van der Waals surface area contributed by atoms with Gasteiger partial charge in [0.15, 0.2) is 6.61 Å². The predicted molar refractivity (Wildman–Crippen MR) is 167 cm³/mol. The molecule has 0 saturated carbocycles. The molecule has 0 radical (unpaired) electrons. The van der Waals surface area contributed by atoms with E-state index in [0.29, 0.717) is 5.69 Å². The number of nitrogens with one attached hydrogen (secondary N) is 1. The first-order valence-electron chi connectivity index (χ1n) is 15.2. The van der Waals surface area contributed by atoms with E-state index >= 15 is 0 Å². The highest BCUT2D eigenvalue weighted by Crippen LogP contribution is 2.61. The number of amides is 3. The van der Waals surface area contributed by atoms with E-state index in [9.17, 15) is 19.2 Å². The summed E-state index contributed by atoms with van der Waals surface area (Å²) in [5, 5.41) is 2.90. The van der Waals surface area contributed by atoms with E-state index in [1.54, 1.807) is 18.2 Å². The van der Waals surface area contributed by atoms with Crippen LogP contribution < -0.4 is 10.2 Å². The molecule has 2 bridgehead atoms. The second-order valence-electron chi connectivity index (χ2n) is 11.6. The number of hydrogen-bond acceptors (Lipinski definition) is 5. The van der Waals surface area contributed by atoms with Gasteiger partial charge in [0.1, 0.15) is 0 Å². The minimum atomic E-state index is -0.710. The predicted octanol–water partition coefficient (Wildman–Crippen LogP) is 6.00. The molecule has 3 amide bonds. The molecule has 8 rings (SSSR count). The molecular formula is C37H32N2O5. The number of carbonyl (C=O) groups excluding carboxylic acids is 4. The first-order chi connectivity index (χ1) is 21.4. The fourth-order valence-electron chi connectivity index (χ4n) is 7.50. The van der Waals surface area contributed by atoms with Crippen LogP contribution >= 0.6 is 0 Å². The van der Waals surface area contributed by atoms with Crippen molar-refractivity contribution in [1.82, 2.24) is 0 Å². The van der Waals surface area contributed by atoms with Crippen LogP contribution in [0.3, 0.4) is 0 Å². The molecule has 7 heteroatoms. The van der Waals surface area contributed by atoms with Gasteiger partial charge in [-0.25, -0.2) is 9.69 Å². The van der Waals surface area contributed by atoms with Crippen LogP contribution in [-0.2, 0) is 32.0 Å². The van der Waals surface area contributed by atoms with Crippen LogP contribution in [0.1, 0.15) is 69.4 Å². The second kappa shape index (κ2) is 10.9. The number of benzene rings is 4. The van der Waals surface area contributed by atoms with Gasteiger partial charge in [0.2, 0.25) is 11.8 Å². The van der Waals surface area contributed by atoms with Crippen molar-refractivity contribution in [3.05, 3.63) is 130 Å². The van der Waals surface area contributed by atoms with Crippen LogP contribution in [0.2, 0.25) is 0 Å². The van der Waals surface area contributed by atoms with Gasteiger partial charge in [-0.15, -0.1) is 0 Å². The quantitative estimate of drug-likeness (QED) is 0.212. The normalized spacial score (nSPS) is 21.0. The Morgan fingerprint density at radius 3 is 1.70 bits per heavy atom. The maximum atomic E-state index is 14.1. The average molecular weight is 585 g/mol. The molecule has 1 fully saturated rings. The Balaban J connectivity index is 1.12. The van der Waals surface area contributed by atoms with Crippen LogP contribution in [0.15, 0.2) is 91.0 Å². The third-order valence-electron chi connectivity index (χ3n) is 9.39. The zero-order valence-electron chi connectivity index (χ0n) is 24.6. The summed E-state index contributed by atoms with van der Waals surface area (Å²) < 4.78 is 5.36. The van der Waals surface area contributed by atoms with Gasteiger partial charge in [0, 0.05) is 17.5 Å². The summed E-state index contributed by atoms with van der Waals surface area (Å²) >= 11 is 0. The summed E-state index contributed by atoms with van der Waals surface area (Å²) in [4.78, 5) is 55.2. The second-order valence-corrected chi connectivity index (χ2v) is 11.6. The van der Waals surface area contributed by atoms with Gasteiger partial charge in [-0.3, -0.25) is 14.4 Å². The standard InChI is InChI=1S/C37H32N2O5/c1-3-21-11-9-12-22(4-2)34(21)38-29(40)20-44-37(43)23-13-10-14-24(19-23)39-35(41)32-30-25-15-5-6-16-26(25)31(33(32)36(39)42)28-18-8-7-17-27(28)30/h5-19,30-33H,3-4,20H2,1-2H3,(H,38,40)/t30?,31?,32-,33+. The molecule has 1 saturated heterocycles. The Kier molecular flexibility index (Phi) is 6.88. The van der Waals surface area contributed by atoms with E-state index in [4.69, 9.17) is 4.74 Å². The fraction of sp³-hybridized carbons (Fsp3) is 0.243. The summed E-state index contributed by atoms with van der Waals surface area (Å²) in [6.07, 6.45) is 1.51. The number of rotatable bonds is 7. The Hall–Kier alpha value is -5.04. The monoisotopic (exact) mass is 584 g/mol. The van der Waals surface area contributed by atoms with E-state index in [1.807, 2.05) is 56.3 Å². The van der Waals surface area contributed by atoms with Gasteiger partial charge in [-0.2, -0.15) is 0 Å². The highest BCUT2D eigenvalue weighted by atomic mass is 16.5. The van der Waals surface area contributed by atoms with Crippen LogP contribution in [0.4, 0.5) is 11.4 Å². The lowest BCUT2D eigenvalue weighted by Gasteiger charge is -2.45. The molecule has 4 aliphatic rings. The van der Waals surface area contributed by atoms with Crippen molar-refractivity contribution in [2.24, 2.45) is 11.8 Å². The summed E-state index contributed by atoms with van der Waals surface area (Å²) in [7, 11) is 0. The van der Waals surface area contributed by atoms with Gasteiger partial charge in [0.05, 0.1) is 23.1 Å². The lowest BCUT2D eigenvalue weighted by atomic mass is 9.55. The molecule has 4 aromatic carbocycles. The lowest BCUT2D eigenvalue weighted by molar-refractivity contribution is -0.122. The number of aryl methyl sites for hydroxylation is 2. The fourth-order valence-corrected chi connectivity index (χ4v) is 7.50. The number of anilines is 2. The first kappa shape index (κ1) is 27.8. The minimum absolute atomic E-state index is 0.156. The highest BCUT2D eigenvalue weighted by molar-refractivity contribution is 6.23. The minimum Gasteiger partial charge on any atom is -0.452 e. The third-order valence-corrected chi connectivity index (χ3v) is 9.39. The number of esters is 1. The van der Waals surface area contributed by atoms with Crippen LogP contribution in [-0.4, -0.2) is 30.3 Å². The molecule has 0 spiro atoms. The molecule has 1 heterocycles. The zero-order valence-corrected chi connectivity index (χ0v) is 24.6. The summed E-state index contributed by atoms with van der Waals surface area (Å²) in [5.41, 5.74) is 7.66. The number of hydrogen-bond donors (Lipinski definition) is 1. The maximum Gasteiger partial charge on any atom is 0.338 e. The Morgan fingerprint density at radius 2 is 1.20 bits per heavy atom. The van der Waals surface area contributed by atoms with Crippen molar-refractivity contribution in [3.63, 3.8) is 0 Å². The highest BCUT2D eigenvalue weighted by Gasteiger charge is 2.61. The number of para-hydroxylation sites is 1. The number of nitrogens with zero attached hydrogens (tertiary/aromatic N) is 1. The summed E-state index contributed by atoms with van der Waals surface area (Å²) in [6, 6.07) is 28.4. The van der Waals surface area contributed by atoms with Crippen LogP contribution in [0.25, 0.3) is 0 Å². The molecule has 2 atom stereocenters. The molecule has 7 nitrogen and oxygen atoms in total. The number of ether oxygens (including phenoxy) is 1. The number of imide groups is 1. The molecule has 44 heavy (non-hydrogen) atoms. The topological polar surface area (TPSA) is 92.8 Å². The van der Waals surface area contributed by atoms with E-state index in [2.05, 4.69) is 29.6 Å². The molecule has 0 aromatic heterocycles. The van der Waals surface area contributed by atoms with Crippen molar-refractivity contribution in [2.45, 2.75) is 38.5 Å². The molecular weight excluding hydrogens is 552 g/mol. The van der Waals surface area contributed by atoms with E-state index in [-0.39, 0.29) is 29.2 Å². The third kappa shape index (κ3) is 4.26. The molecule has 1 aliphatic heterocycles. The number of carbonyl (C=O) groups is 4. The van der Waals surface area contributed by atoms with Crippen LogP contribution in [0, 0.1) is 11.8 Å². The summed E-state index contributed by atoms with van der Waals surface area (Å²) in [6.45, 7) is 3.57. The van der Waals surface area contributed by atoms with Gasteiger partial charge in [0.25, 0.3) is 5.91 Å². The smallest absolute Gasteiger partial charge is 0.338 e. The molecule has 4 aromatic rings. The van der Waals surface area contributed by atoms with E-state index < -0.39 is 30.3 Å².